The highest BCUT2D eigenvalue weighted by Gasteiger charge is 2.57. The highest BCUT2D eigenvalue weighted by molar-refractivity contribution is 5.79. The van der Waals surface area contributed by atoms with Gasteiger partial charge in [-0.2, -0.15) is 13.2 Å². The molecule has 0 radical (unpaired) electrons. The second-order valence-corrected chi connectivity index (χ2v) is 5.12. The van der Waals surface area contributed by atoms with Crippen molar-refractivity contribution in [1.82, 2.24) is 4.90 Å². The van der Waals surface area contributed by atoms with Gasteiger partial charge in [-0.3, -0.25) is 4.79 Å². The first-order valence-corrected chi connectivity index (χ1v) is 6.45. The van der Waals surface area contributed by atoms with Crippen LogP contribution in [0.1, 0.15) is 12.0 Å². The average molecular weight is 303 g/mol. The van der Waals surface area contributed by atoms with Gasteiger partial charge in [-0.1, -0.05) is 12.1 Å². The number of hydrogen-bond acceptors (Lipinski definition) is 3. The number of β-amino-alcohol motifs (C(OH)–C–C–N with tert-alkyl or cyclic N) is 1. The van der Waals surface area contributed by atoms with Crippen LogP contribution in [-0.2, 0) is 11.2 Å². The third-order valence-electron chi connectivity index (χ3n) is 3.62. The van der Waals surface area contributed by atoms with E-state index in [1.54, 1.807) is 24.3 Å². The van der Waals surface area contributed by atoms with E-state index in [9.17, 15) is 23.1 Å². The van der Waals surface area contributed by atoms with E-state index in [4.69, 9.17) is 4.74 Å². The third-order valence-corrected chi connectivity index (χ3v) is 3.62. The number of nitrogens with zero attached hydrogens (tertiary/aromatic N) is 1. The maximum Gasteiger partial charge on any atom is 0.419 e. The van der Waals surface area contributed by atoms with E-state index in [0.29, 0.717) is 11.3 Å². The zero-order valence-electron chi connectivity index (χ0n) is 11.5. The zero-order chi connectivity index (χ0) is 15.7. The fourth-order valence-electron chi connectivity index (χ4n) is 2.31. The van der Waals surface area contributed by atoms with Gasteiger partial charge in [0.25, 0.3) is 0 Å². The molecule has 4 nitrogen and oxygen atoms in total. The van der Waals surface area contributed by atoms with Gasteiger partial charge in [-0.05, 0) is 17.7 Å². The minimum atomic E-state index is -4.72. The summed E-state index contributed by atoms with van der Waals surface area (Å²) in [5, 5.41) is 9.56. The van der Waals surface area contributed by atoms with Gasteiger partial charge < -0.3 is 14.7 Å². The maximum atomic E-state index is 12.7. The number of benzene rings is 1. The lowest BCUT2D eigenvalue weighted by atomic mass is 10.0. The monoisotopic (exact) mass is 303 g/mol. The van der Waals surface area contributed by atoms with Crippen LogP contribution in [0, 0.1) is 0 Å². The number of aliphatic hydroxyl groups is 1. The van der Waals surface area contributed by atoms with Crippen molar-refractivity contribution < 1.29 is 27.8 Å². The largest absolute Gasteiger partial charge is 0.497 e. The molecule has 1 aromatic rings. The topological polar surface area (TPSA) is 49.8 Å². The molecule has 1 saturated heterocycles. The van der Waals surface area contributed by atoms with Gasteiger partial charge in [-0.25, -0.2) is 0 Å². The number of rotatable bonds is 3. The Morgan fingerprint density at radius 1 is 1.48 bits per heavy atom. The Labute approximate surface area is 120 Å². The molecule has 1 amide bonds. The van der Waals surface area contributed by atoms with Gasteiger partial charge in [0.15, 0.2) is 5.60 Å². The van der Waals surface area contributed by atoms with Gasteiger partial charge in [0.05, 0.1) is 20.1 Å². The van der Waals surface area contributed by atoms with Crippen LogP contribution in [0.5, 0.6) is 5.75 Å². The smallest absolute Gasteiger partial charge is 0.419 e. The van der Waals surface area contributed by atoms with Gasteiger partial charge in [0, 0.05) is 13.0 Å². The fraction of sp³-hybridized carbons (Fsp3) is 0.500. The van der Waals surface area contributed by atoms with Crippen LogP contribution in [-0.4, -0.2) is 47.9 Å². The number of likely N-dealkylation sites (tertiary alicyclic amines) is 1. The predicted octanol–water partition coefficient (Wildman–Crippen LogP) is 1.76. The van der Waals surface area contributed by atoms with Gasteiger partial charge in [0.1, 0.15) is 5.75 Å². The number of alkyl halides is 3. The summed E-state index contributed by atoms with van der Waals surface area (Å²) in [5.41, 5.74) is -2.14. The first kappa shape index (κ1) is 15.6. The van der Waals surface area contributed by atoms with E-state index in [-0.39, 0.29) is 13.0 Å². The van der Waals surface area contributed by atoms with Gasteiger partial charge in [-0.15, -0.1) is 0 Å². The second-order valence-electron chi connectivity index (χ2n) is 5.12. The molecule has 21 heavy (non-hydrogen) atoms. The van der Waals surface area contributed by atoms with Crippen LogP contribution in [0.2, 0.25) is 0 Å². The molecule has 1 aliphatic heterocycles. The molecule has 1 N–H and O–H groups in total. The Bertz CT molecular complexity index is 532. The molecule has 1 fully saturated rings. The molecule has 0 unspecified atom stereocenters. The first-order chi connectivity index (χ1) is 9.75. The number of hydrogen-bond donors (Lipinski definition) is 1. The van der Waals surface area contributed by atoms with Crippen LogP contribution in [0.4, 0.5) is 13.2 Å². The highest BCUT2D eigenvalue weighted by atomic mass is 19.4. The summed E-state index contributed by atoms with van der Waals surface area (Å²) in [5.74, 6) is 0.136. The summed E-state index contributed by atoms with van der Waals surface area (Å²) in [6, 6.07) is 6.78. The van der Waals surface area contributed by atoms with E-state index in [1.165, 1.54) is 7.11 Å². The van der Waals surface area contributed by atoms with Crippen molar-refractivity contribution in [2.45, 2.75) is 24.6 Å². The Balaban J connectivity index is 2.02. The maximum absolute atomic E-state index is 12.7. The molecule has 1 heterocycles. The SMILES string of the molecule is COc1cccc(CC(=O)N2CC[C@](O)(C(F)(F)F)C2)c1. The molecule has 7 heteroatoms. The van der Waals surface area contributed by atoms with Crippen LogP contribution in [0.15, 0.2) is 24.3 Å². The summed E-state index contributed by atoms with van der Waals surface area (Å²) in [6.45, 7) is -0.807. The Morgan fingerprint density at radius 3 is 2.76 bits per heavy atom. The fourth-order valence-corrected chi connectivity index (χ4v) is 2.31. The van der Waals surface area contributed by atoms with Crippen molar-refractivity contribution in [1.29, 1.82) is 0 Å². The lowest BCUT2D eigenvalue weighted by molar-refractivity contribution is -0.253. The number of ether oxygens (including phenoxy) is 1. The Hall–Kier alpha value is -1.76. The van der Waals surface area contributed by atoms with Crippen molar-refractivity contribution >= 4 is 5.91 Å². The predicted molar refractivity (Wildman–Crippen MR) is 68.9 cm³/mol. The van der Waals surface area contributed by atoms with E-state index >= 15 is 0 Å². The Morgan fingerprint density at radius 2 is 2.19 bits per heavy atom. The quantitative estimate of drug-likeness (QED) is 0.926. The lowest BCUT2D eigenvalue weighted by Crippen LogP contribution is -2.48. The highest BCUT2D eigenvalue weighted by Crippen LogP contribution is 2.37. The molecule has 1 aliphatic rings. The summed E-state index contributed by atoms with van der Waals surface area (Å²) in [4.78, 5) is 13.1. The molecule has 116 valence electrons. The molecule has 1 aromatic carbocycles. The minimum Gasteiger partial charge on any atom is -0.497 e. The second kappa shape index (κ2) is 5.55. The molecule has 0 aromatic heterocycles. The van der Waals surface area contributed by atoms with Crippen LogP contribution in [0.25, 0.3) is 0 Å². The lowest BCUT2D eigenvalue weighted by Gasteiger charge is -2.25. The standard InChI is InChI=1S/C14H16F3NO3/c1-21-11-4-2-3-10(7-11)8-12(19)18-6-5-13(20,9-18)14(15,16)17/h2-4,7,20H,5-6,8-9H2,1H3/t13-/m1/s1. The zero-order valence-corrected chi connectivity index (χ0v) is 11.5. The summed E-state index contributed by atoms with van der Waals surface area (Å²) in [6.07, 6.45) is -5.23. The summed E-state index contributed by atoms with van der Waals surface area (Å²) >= 11 is 0. The van der Waals surface area contributed by atoms with Crippen LogP contribution in [0.3, 0.4) is 0 Å². The third kappa shape index (κ3) is 3.29. The van der Waals surface area contributed by atoms with Crippen molar-refractivity contribution in [2.24, 2.45) is 0 Å². The normalized spacial score (nSPS) is 22.4. The van der Waals surface area contributed by atoms with Crippen molar-refractivity contribution in [2.75, 3.05) is 20.2 Å². The summed E-state index contributed by atoms with van der Waals surface area (Å²) in [7, 11) is 1.49. The van der Waals surface area contributed by atoms with E-state index in [2.05, 4.69) is 0 Å². The van der Waals surface area contributed by atoms with Gasteiger partial charge in [0.2, 0.25) is 5.91 Å². The molecular formula is C14H16F3NO3. The molecule has 0 aliphatic carbocycles. The number of carbonyl (C=O) groups is 1. The van der Waals surface area contributed by atoms with E-state index in [0.717, 1.165) is 4.90 Å². The van der Waals surface area contributed by atoms with Crippen LogP contribution >= 0.6 is 0 Å². The van der Waals surface area contributed by atoms with E-state index < -0.39 is 30.7 Å². The molecule has 0 spiro atoms. The minimum absolute atomic E-state index is 0.0227. The number of halogens is 3. The number of methoxy groups -OCH3 is 1. The molecule has 0 bridgehead atoms. The molecule has 2 rings (SSSR count). The van der Waals surface area contributed by atoms with Crippen molar-refractivity contribution in [3.63, 3.8) is 0 Å². The number of carbonyl (C=O) groups excluding carboxylic acids is 1. The van der Waals surface area contributed by atoms with E-state index in [1.807, 2.05) is 0 Å². The molecular weight excluding hydrogens is 287 g/mol. The number of amides is 1. The van der Waals surface area contributed by atoms with Crippen LogP contribution < -0.4 is 4.74 Å². The first-order valence-electron chi connectivity index (χ1n) is 6.45. The van der Waals surface area contributed by atoms with Crippen molar-refractivity contribution in [3.05, 3.63) is 29.8 Å². The summed E-state index contributed by atoms with van der Waals surface area (Å²) < 4.78 is 43.1. The van der Waals surface area contributed by atoms with Crippen molar-refractivity contribution in [3.8, 4) is 5.75 Å². The Kier molecular flexibility index (Phi) is 4.13. The van der Waals surface area contributed by atoms with Gasteiger partial charge >= 0.3 is 6.18 Å². The molecule has 1 atom stereocenters. The average Bonchev–Trinajstić information content (AvgIpc) is 2.83. The molecule has 0 saturated carbocycles.